The minimum atomic E-state index is -1.05. The summed E-state index contributed by atoms with van der Waals surface area (Å²) in [5.41, 5.74) is 2.50. The van der Waals surface area contributed by atoms with Gasteiger partial charge in [0.2, 0.25) is 0 Å². The van der Waals surface area contributed by atoms with Gasteiger partial charge in [-0.25, -0.2) is 4.79 Å². The lowest BCUT2D eigenvalue weighted by molar-refractivity contribution is -0.131. The fraction of sp³-hybridized carbons (Fsp3) is 0.0556. The summed E-state index contributed by atoms with van der Waals surface area (Å²) in [6, 6.07) is 9.82. The Morgan fingerprint density at radius 1 is 1.05 bits per heavy atom. The molecule has 4 heteroatoms. The highest BCUT2D eigenvalue weighted by atomic mass is 16.4. The molecule has 0 radical (unpaired) electrons. The SMILES string of the molecule is C=CCc1ccc(O)c(-c2cc(C=CC(=O)O)ccc2O)c1. The molecule has 3 N–H and O–H groups in total. The number of carbonyl (C=O) groups is 1. The third-order valence-electron chi connectivity index (χ3n) is 3.17. The highest BCUT2D eigenvalue weighted by molar-refractivity contribution is 5.86. The number of phenolic OH excluding ortho intramolecular Hbond substituents is 2. The van der Waals surface area contributed by atoms with Gasteiger partial charge < -0.3 is 15.3 Å². The summed E-state index contributed by atoms with van der Waals surface area (Å²) in [4.78, 5) is 10.6. The molecule has 0 amide bonds. The van der Waals surface area contributed by atoms with E-state index in [4.69, 9.17) is 5.11 Å². The Morgan fingerprint density at radius 2 is 1.68 bits per heavy atom. The van der Waals surface area contributed by atoms with Gasteiger partial charge in [0, 0.05) is 17.2 Å². The van der Waals surface area contributed by atoms with Crippen LogP contribution >= 0.6 is 0 Å². The Hall–Kier alpha value is -3.01. The number of aromatic hydroxyl groups is 2. The number of rotatable bonds is 5. The summed E-state index contributed by atoms with van der Waals surface area (Å²) >= 11 is 0. The predicted molar refractivity (Wildman–Crippen MR) is 85.8 cm³/mol. The third kappa shape index (κ3) is 3.55. The summed E-state index contributed by atoms with van der Waals surface area (Å²) < 4.78 is 0. The van der Waals surface area contributed by atoms with E-state index >= 15 is 0 Å². The second kappa shape index (κ2) is 6.63. The molecule has 22 heavy (non-hydrogen) atoms. The third-order valence-corrected chi connectivity index (χ3v) is 3.17. The van der Waals surface area contributed by atoms with E-state index < -0.39 is 5.97 Å². The fourth-order valence-electron chi connectivity index (χ4n) is 2.13. The Morgan fingerprint density at radius 3 is 2.32 bits per heavy atom. The van der Waals surface area contributed by atoms with E-state index in [1.54, 1.807) is 36.4 Å². The van der Waals surface area contributed by atoms with Crippen molar-refractivity contribution >= 4 is 12.0 Å². The minimum absolute atomic E-state index is 0.0125. The summed E-state index contributed by atoms with van der Waals surface area (Å²) in [5.74, 6) is -0.994. The summed E-state index contributed by atoms with van der Waals surface area (Å²) in [7, 11) is 0. The number of benzene rings is 2. The van der Waals surface area contributed by atoms with Gasteiger partial charge in [-0.15, -0.1) is 6.58 Å². The van der Waals surface area contributed by atoms with Crippen LogP contribution in [0.15, 0.2) is 55.1 Å². The molecule has 0 fully saturated rings. The molecule has 2 aromatic carbocycles. The molecule has 0 atom stereocenters. The summed E-state index contributed by atoms with van der Waals surface area (Å²) in [6.07, 6.45) is 4.84. The molecule has 0 aromatic heterocycles. The number of allylic oxidation sites excluding steroid dienone is 1. The molecule has 0 bridgehead atoms. The molecule has 0 heterocycles. The van der Waals surface area contributed by atoms with Gasteiger partial charge in [-0.1, -0.05) is 18.2 Å². The monoisotopic (exact) mass is 296 g/mol. The zero-order chi connectivity index (χ0) is 16.1. The van der Waals surface area contributed by atoms with Crippen LogP contribution < -0.4 is 0 Å². The second-order valence-electron chi connectivity index (χ2n) is 4.79. The van der Waals surface area contributed by atoms with Gasteiger partial charge in [-0.2, -0.15) is 0 Å². The first kappa shape index (κ1) is 15.4. The van der Waals surface area contributed by atoms with Crippen LogP contribution in [-0.4, -0.2) is 21.3 Å². The minimum Gasteiger partial charge on any atom is -0.507 e. The van der Waals surface area contributed by atoms with Crippen LogP contribution in [0.5, 0.6) is 11.5 Å². The summed E-state index contributed by atoms with van der Waals surface area (Å²) in [5, 5.41) is 28.8. The number of carboxylic acids is 1. The van der Waals surface area contributed by atoms with Crippen molar-refractivity contribution in [3.05, 3.63) is 66.3 Å². The van der Waals surface area contributed by atoms with Gasteiger partial charge in [0.1, 0.15) is 11.5 Å². The van der Waals surface area contributed by atoms with Crippen LogP contribution in [0.2, 0.25) is 0 Å². The van der Waals surface area contributed by atoms with E-state index in [2.05, 4.69) is 6.58 Å². The molecule has 0 aliphatic heterocycles. The van der Waals surface area contributed by atoms with E-state index in [9.17, 15) is 15.0 Å². The zero-order valence-corrected chi connectivity index (χ0v) is 11.9. The van der Waals surface area contributed by atoms with Crippen LogP contribution in [0.1, 0.15) is 11.1 Å². The standard InChI is InChI=1S/C18H16O4/c1-2-3-12-4-7-16(19)14(10-12)15-11-13(5-8-17(15)20)6-9-18(21)22/h2,4-11,19-20H,1,3H2,(H,21,22). The van der Waals surface area contributed by atoms with Crippen molar-refractivity contribution in [3.63, 3.8) is 0 Å². The number of hydrogen-bond donors (Lipinski definition) is 3. The molecule has 0 unspecified atom stereocenters. The van der Waals surface area contributed by atoms with Gasteiger partial charge in [0.15, 0.2) is 0 Å². The van der Waals surface area contributed by atoms with Crippen LogP contribution in [-0.2, 0) is 11.2 Å². The first-order valence-electron chi connectivity index (χ1n) is 6.68. The number of hydrogen-bond acceptors (Lipinski definition) is 3. The Bertz CT molecular complexity index is 745. The lowest BCUT2D eigenvalue weighted by atomic mass is 9.98. The van der Waals surface area contributed by atoms with E-state index in [0.717, 1.165) is 11.6 Å². The van der Waals surface area contributed by atoms with Gasteiger partial charge in [-0.05, 0) is 47.9 Å². The molecule has 0 spiro atoms. The molecule has 0 aliphatic carbocycles. The lowest BCUT2D eigenvalue weighted by Gasteiger charge is -2.10. The van der Waals surface area contributed by atoms with Crippen molar-refractivity contribution in [3.8, 4) is 22.6 Å². The van der Waals surface area contributed by atoms with Crippen molar-refractivity contribution < 1.29 is 20.1 Å². The van der Waals surface area contributed by atoms with E-state index in [1.807, 2.05) is 0 Å². The molecule has 2 aromatic rings. The van der Waals surface area contributed by atoms with E-state index in [-0.39, 0.29) is 11.5 Å². The molecule has 0 saturated carbocycles. The highest BCUT2D eigenvalue weighted by Crippen LogP contribution is 2.36. The molecule has 2 rings (SSSR count). The van der Waals surface area contributed by atoms with Gasteiger partial charge in [0.25, 0.3) is 0 Å². The average molecular weight is 296 g/mol. The van der Waals surface area contributed by atoms with Gasteiger partial charge in [0.05, 0.1) is 0 Å². The van der Waals surface area contributed by atoms with Gasteiger partial charge in [-0.3, -0.25) is 0 Å². The predicted octanol–water partition coefficient (Wildman–Crippen LogP) is 3.59. The highest BCUT2D eigenvalue weighted by Gasteiger charge is 2.10. The fourth-order valence-corrected chi connectivity index (χ4v) is 2.13. The van der Waals surface area contributed by atoms with Crippen molar-refractivity contribution in [2.45, 2.75) is 6.42 Å². The largest absolute Gasteiger partial charge is 0.507 e. The second-order valence-corrected chi connectivity index (χ2v) is 4.79. The molecule has 0 aliphatic rings. The topological polar surface area (TPSA) is 77.8 Å². The summed E-state index contributed by atoms with van der Waals surface area (Å²) in [6.45, 7) is 3.68. The molecule has 0 saturated heterocycles. The Labute approximate surface area is 128 Å². The molecular formula is C18H16O4. The van der Waals surface area contributed by atoms with Crippen LogP contribution in [0, 0.1) is 0 Å². The average Bonchev–Trinajstić information content (AvgIpc) is 2.49. The van der Waals surface area contributed by atoms with Crippen LogP contribution in [0.3, 0.4) is 0 Å². The number of carboxylic acid groups (broad SMARTS) is 1. The molecule has 4 nitrogen and oxygen atoms in total. The first-order valence-corrected chi connectivity index (χ1v) is 6.68. The quantitative estimate of drug-likeness (QED) is 0.582. The van der Waals surface area contributed by atoms with Crippen molar-refractivity contribution in [2.75, 3.05) is 0 Å². The van der Waals surface area contributed by atoms with E-state index in [1.165, 1.54) is 12.1 Å². The maximum absolute atomic E-state index is 10.6. The Kier molecular flexibility index (Phi) is 4.63. The van der Waals surface area contributed by atoms with E-state index in [0.29, 0.717) is 23.1 Å². The molecular weight excluding hydrogens is 280 g/mol. The van der Waals surface area contributed by atoms with Crippen molar-refractivity contribution in [2.24, 2.45) is 0 Å². The maximum Gasteiger partial charge on any atom is 0.328 e. The normalized spacial score (nSPS) is 10.7. The maximum atomic E-state index is 10.6. The van der Waals surface area contributed by atoms with Crippen LogP contribution in [0.25, 0.3) is 17.2 Å². The van der Waals surface area contributed by atoms with Crippen molar-refractivity contribution in [1.29, 1.82) is 0 Å². The van der Waals surface area contributed by atoms with Crippen molar-refractivity contribution in [1.82, 2.24) is 0 Å². The zero-order valence-electron chi connectivity index (χ0n) is 11.9. The molecule has 112 valence electrons. The Balaban J connectivity index is 2.51. The number of aliphatic carboxylic acids is 1. The lowest BCUT2D eigenvalue weighted by Crippen LogP contribution is -1.88. The van der Waals surface area contributed by atoms with Crippen LogP contribution in [0.4, 0.5) is 0 Å². The number of phenols is 2. The first-order chi connectivity index (χ1) is 10.5. The van der Waals surface area contributed by atoms with Gasteiger partial charge >= 0.3 is 5.97 Å². The smallest absolute Gasteiger partial charge is 0.328 e.